The molecule has 1 unspecified atom stereocenters. The van der Waals surface area contributed by atoms with Gasteiger partial charge in [-0.2, -0.15) is 0 Å². The first-order valence-corrected chi connectivity index (χ1v) is 11.8. The van der Waals surface area contributed by atoms with Crippen molar-refractivity contribution < 1.29 is 24.0 Å². The molecule has 190 valence electrons. The summed E-state index contributed by atoms with van der Waals surface area (Å²) in [7, 11) is 3.85. The average molecular weight is 486 g/mol. The van der Waals surface area contributed by atoms with E-state index in [0.717, 1.165) is 5.69 Å². The minimum absolute atomic E-state index is 0.166. The van der Waals surface area contributed by atoms with Crippen molar-refractivity contribution in [1.82, 2.24) is 15.5 Å². The van der Waals surface area contributed by atoms with Crippen LogP contribution in [0.15, 0.2) is 36.4 Å². The first kappa shape index (κ1) is 27.6. The van der Waals surface area contributed by atoms with Gasteiger partial charge in [-0.05, 0) is 43.0 Å². The van der Waals surface area contributed by atoms with Gasteiger partial charge in [-0.3, -0.25) is 28.9 Å². The van der Waals surface area contributed by atoms with Gasteiger partial charge in [0.1, 0.15) is 6.04 Å². The van der Waals surface area contributed by atoms with Gasteiger partial charge in [-0.1, -0.05) is 20.3 Å². The van der Waals surface area contributed by atoms with Crippen LogP contribution in [0.25, 0.3) is 0 Å². The standard InChI is InChI=1S/C25H35N5O5/c1-17(2)24(28-20(31)8-6-5-7-15-30-22(33)13-14-23(30)34)25(35)26-16-21(32)27-18-9-11-19(12-10-18)29(3)4/h9-14,17,24H,5-8,15-16H2,1-4H3,(H,26,35)(H,27,32)(H,28,31). The third kappa shape index (κ3) is 8.88. The molecular weight excluding hydrogens is 450 g/mol. The van der Waals surface area contributed by atoms with Gasteiger partial charge < -0.3 is 20.9 Å². The molecule has 0 saturated heterocycles. The van der Waals surface area contributed by atoms with Gasteiger partial charge in [-0.15, -0.1) is 0 Å². The summed E-state index contributed by atoms with van der Waals surface area (Å²) in [5.41, 5.74) is 1.62. The number of imide groups is 1. The zero-order chi connectivity index (χ0) is 26.0. The van der Waals surface area contributed by atoms with E-state index in [1.807, 2.05) is 45.0 Å². The number of unbranched alkanes of at least 4 members (excludes halogenated alkanes) is 2. The first-order valence-electron chi connectivity index (χ1n) is 11.8. The van der Waals surface area contributed by atoms with Crippen LogP contribution in [0.4, 0.5) is 11.4 Å². The van der Waals surface area contributed by atoms with Crippen LogP contribution in [0.5, 0.6) is 0 Å². The lowest BCUT2D eigenvalue weighted by molar-refractivity contribution is -0.137. The van der Waals surface area contributed by atoms with E-state index in [1.165, 1.54) is 17.1 Å². The molecule has 2 rings (SSSR count). The molecule has 0 bridgehead atoms. The third-order valence-electron chi connectivity index (χ3n) is 5.54. The average Bonchev–Trinajstić information content (AvgIpc) is 3.13. The summed E-state index contributed by atoms with van der Waals surface area (Å²) in [5, 5.41) is 8.05. The maximum atomic E-state index is 12.6. The molecule has 1 aromatic carbocycles. The number of anilines is 2. The highest BCUT2D eigenvalue weighted by Crippen LogP contribution is 2.15. The molecule has 1 aromatic rings. The molecule has 1 atom stereocenters. The van der Waals surface area contributed by atoms with E-state index in [0.29, 0.717) is 31.5 Å². The van der Waals surface area contributed by atoms with E-state index in [9.17, 15) is 24.0 Å². The molecule has 1 aliphatic rings. The molecule has 0 aromatic heterocycles. The van der Waals surface area contributed by atoms with Crippen LogP contribution < -0.4 is 20.9 Å². The van der Waals surface area contributed by atoms with E-state index in [4.69, 9.17) is 0 Å². The van der Waals surface area contributed by atoms with Gasteiger partial charge in [0.25, 0.3) is 11.8 Å². The molecule has 0 aliphatic carbocycles. The van der Waals surface area contributed by atoms with Crippen molar-refractivity contribution in [1.29, 1.82) is 0 Å². The molecule has 10 nitrogen and oxygen atoms in total. The van der Waals surface area contributed by atoms with Crippen LogP contribution in [0.1, 0.15) is 39.5 Å². The predicted molar refractivity (Wildman–Crippen MR) is 134 cm³/mol. The van der Waals surface area contributed by atoms with Crippen LogP contribution in [0, 0.1) is 5.92 Å². The fourth-order valence-corrected chi connectivity index (χ4v) is 3.49. The number of hydrogen-bond acceptors (Lipinski definition) is 6. The van der Waals surface area contributed by atoms with E-state index < -0.39 is 11.9 Å². The second kappa shape index (κ2) is 13.3. The van der Waals surface area contributed by atoms with Crippen LogP contribution in [0.2, 0.25) is 0 Å². The lowest BCUT2D eigenvalue weighted by atomic mass is 10.0. The molecule has 1 aliphatic heterocycles. The topological polar surface area (TPSA) is 128 Å². The molecule has 0 fully saturated rings. The largest absolute Gasteiger partial charge is 0.378 e. The van der Waals surface area contributed by atoms with Gasteiger partial charge in [0.2, 0.25) is 17.7 Å². The molecular formula is C25H35N5O5. The second-order valence-electron chi connectivity index (χ2n) is 8.97. The molecule has 5 amide bonds. The van der Waals surface area contributed by atoms with Gasteiger partial charge in [0.15, 0.2) is 0 Å². The molecule has 1 heterocycles. The minimum atomic E-state index is -0.763. The second-order valence-corrected chi connectivity index (χ2v) is 8.97. The van der Waals surface area contributed by atoms with Crippen molar-refractivity contribution in [2.24, 2.45) is 5.92 Å². The Kier molecular flexibility index (Phi) is 10.4. The number of benzene rings is 1. The fourth-order valence-electron chi connectivity index (χ4n) is 3.49. The molecule has 3 N–H and O–H groups in total. The maximum absolute atomic E-state index is 12.6. The predicted octanol–water partition coefficient (Wildman–Crippen LogP) is 1.43. The summed E-state index contributed by atoms with van der Waals surface area (Å²) in [6, 6.07) is 6.55. The fraction of sp³-hybridized carbons (Fsp3) is 0.480. The first-order chi connectivity index (χ1) is 16.6. The number of carbonyl (C=O) groups is 5. The van der Waals surface area contributed by atoms with E-state index in [2.05, 4.69) is 16.0 Å². The van der Waals surface area contributed by atoms with Crippen molar-refractivity contribution in [2.45, 2.75) is 45.6 Å². The van der Waals surface area contributed by atoms with Gasteiger partial charge in [0.05, 0.1) is 6.54 Å². The van der Waals surface area contributed by atoms with Gasteiger partial charge in [0, 0.05) is 50.6 Å². The van der Waals surface area contributed by atoms with Crippen molar-refractivity contribution in [3.63, 3.8) is 0 Å². The summed E-state index contributed by atoms with van der Waals surface area (Å²) < 4.78 is 0. The van der Waals surface area contributed by atoms with Crippen molar-refractivity contribution in [3.8, 4) is 0 Å². The number of amides is 5. The highest BCUT2D eigenvalue weighted by molar-refractivity contribution is 6.12. The smallest absolute Gasteiger partial charge is 0.253 e. The SMILES string of the molecule is CC(C)C(NC(=O)CCCCCN1C(=O)C=CC1=O)C(=O)NCC(=O)Nc1ccc(N(C)C)cc1. The number of carbonyl (C=O) groups excluding carboxylic acids is 5. The zero-order valence-corrected chi connectivity index (χ0v) is 20.8. The summed E-state index contributed by atoms with van der Waals surface area (Å²) in [5.74, 6) is -1.84. The van der Waals surface area contributed by atoms with Crippen molar-refractivity contribution >= 4 is 40.9 Å². The number of rotatable bonds is 13. The molecule has 0 radical (unpaired) electrons. The Labute approximate surface area is 206 Å². The Balaban J connectivity index is 1.70. The molecule has 35 heavy (non-hydrogen) atoms. The molecule has 10 heteroatoms. The van der Waals surface area contributed by atoms with Gasteiger partial charge >= 0.3 is 0 Å². The monoisotopic (exact) mass is 485 g/mol. The highest BCUT2D eigenvalue weighted by Gasteiger charge is 2.25. The Bertz CT molecular complexity index is 937. The Morgan fingerprint density at radius 2 is 1.54 bits per heavy atom. The summed E-state index contributed by atoms with van der Waals surface area (Å²) in [4.78, 5) is 63.3. The van der Waals surface area contributed by atoms with E-state index >= 15 is 0 Å². The minimum Gasteiger partial charge on any atom is -0.378 e. The number of nitrogens with zero attached hydrogens (tertiary/aromatic N) is 2. The Hall–Kier alpha value is -3.69. The zero-order valence-electron chi connectivity index (χ0n) is 20.8. The Morgan fingerprint density at radius 3 is 2.11 bits per heavy atom. The van der Waals surface area contributed by atoms with Crippen LogP contribution in [0.3, 0.4) is 0 Å². The maximum Gasteiger partial charge on any atom is 0.253 e. The normalized spacial score (nSPS) is 13.7. The van der Waals surface area contributed by atoms with E-state index in [-0.39, 0.29) is 42.5 Å². The summed E-state index contributed by atoms with van der Waals surface area (Å²) in [6.07, 6.45) is 4.56. The quantitative estimate of drug-likeness (QED) is 0.287. The van der Waals surface area contributed by atoms with Crippen molar-refractivity contribution in [2.75, 3.05) is 37.4 Å². The molecule has 0 spiro atoms. The lowest BCUT2D eigenvalue weighted by Gasteiger charge is -2.21. The van der Waals surface area contributed by atoms with Crippen LogP contribution in [-0.2, 0) is 24.0 Å². The highest BCUT2D eigenvalue weighted by atomic mass is 16.2. The Morgan fingerprint density at radius 1 is 0.914 bits per heavy atom. The summed E-state index contributed by atoms with van der Waals surface area (Å²) >= 11 is 0. The number of nitrogens with one attached hydrogen (secondary N) is 3. The van der Waals surface area contributed by atoms with Crippen molar-refractivity contribution in [3.05, 3.63) is 36.4 Å². The molecule has 0 saturated carbocycles. The van der Waals surface area contributed by atoms with Gasteiger partial charge in [-0.25, -0.2) is 0 Å². The number of hydrogen-bond donors (Lipinski definition) is 3. The van der Waals surface area contributed by atoms with Crippen LogP contribution in [-0.4, -0.2) is 67.7 Å². The lowest BCUT2D eigenvalue weighted by Crippen LogP contribution is -2.51. The van der Waals surface area contributed by atoms with E-state index in [1.54, 1.807) is 12.1 Å². The summed E-state index contributed by atoms with van der Waals surface area (Å²) in [6.45, 7) is 3.74. The third-order valence-corrected chi connectivity index (χ3v) is 5.54. The van der Waals surface area contributed by atoms with Crippen LogP contribution >= 0.6 is 0 Å².